The van der Waals surface area contributed by atoms with Gasteiger partial charge in [-0.1, -0.05) is 18.2 Å². The molecule has 1 aromatic rings. The summed E-state index contributed by atoms with van der Waals surface area (Å²) >= 11 is 0. The standard InChI is InChI=1S/C16H28N4O.HI/c1-5-17-16(18-6-2)19-13-14-9-7-8-10-15(14)21-12-11-20(3)4;/h7-10H,5-6,11-13H2,1-4H3,(H2,17,18,19);1H. The molecule has 5 nitrogen and oxygen atoms in total. The van der Waals surface area contributed by atoms with Crippen molar-refractivity contribution in [1.29, 1.82) is 0 Å². The summed E-state index contributed by atoms with van der Waals surface area (Å²) in [4.78, 5) is 6.69. The van der Waals surface area contributed by atoms with Crippen molar-refractivity contribution in [1.82, 2.24) is 15.5 Å². The zero-order chi connectivity index (χ0) is 15.5. The highest BCUT2D eigenvalue weighted by atomic mass is 127. The molecule has 1 aromatic carbocycles. The minimum Gasteiger partial charge on any atom is -0.492 e. The Morgan fingerprint density at radius 3 is 2.36 bits per heavy atom. The molecule has 126 valence electrons. The Balaban J connectivity index is 0.00000441. The van der Waals surface area contributed by atoms with Gasteiger partial charge in [0.2, 0.25) is 0 Å². The van der Waals surface area contributed by atoms with Gasteiger partial charge in [-0.05, 0) is 34.0 Å². The molecule has 22 heavy (non-hydrogen) atoms. The van der Waals surface area contributed by atoms with E-state index >= 15 is 0 Å². The van der Waals surface area contributed by atoms with Crippen LogP contribution in [0.2, 0.25) is 0 Å². The van der Waals surface area contributed by atoms with Crippen molar-refractivity contribution in [2.75, 3.05) is 40.3 Å². The molecule has 0 fully saturated rings. The third-order valence-corrected chi connectivity index (χ3v) is 2.86. The van der Waals surface area contributed by atoms with Gasteiger partial charge < -0.3 is 20.3 Å². The molecule has 0 radical (unpaired) electrons. The minimum absolute atomic E-state index is 0. The molecule has 0 saturated heterocycles. The lowest BCUT2D eigenvalue weighted by Gasteiger charge is -2.14. The third-order valence-electron chi connectivity index (χ3n) is 2.86. The summed E-state index contributed by atoms with van der Waals surface area (Å²) in [5, 5.41) is 6.45. The number of halogens is 1. The van der Waals surface area contributed by atoms with Gasteiger partial charge in [0.25, 0.3) is 0 Å². The monoisotopic (exact) mass is 420 g/mol. The van der Waals surface area contributed by atoms with Crippen LogP contribution in [-0.4, -0.2) is 51.2 Å². The Kier molecular flexibility index (Phi) is 11.9. The predicted octanol–water partition coefficient (Wildman–Crippen LogP) is 2.32. The quantitative estimate of drug-likeness (QED) is 0.385. The summed E-state index contributed by atoms with van der Waals surface area (Å²) in [6.07, 6.45) is 0. The predicted molar refractivity (Wildman–Crippen MR) is 104 cm³/mol. The molecule has 0 amide bonds. The molecule has 1 rings (SSSR count). The van der Waals surface area contributed by atoms with Crippen molar-refractivity contribution in [2.45, 2.75) is 20.4 Å². The van der Waals surface area contributed by atoms with Crippen molar-refractivity contribution in [2.24, 2.45) is 4.99 Å². The first-order valence-electron chi connectivity index (χ1n) is 7.55. The third kappa shape index (κ3) is 8.43. The number of para-hydroxylation sites is 1. The highest BCUT2D eigenvalue weighted by molar-refractivity contribution is 14.0. The summed E-state index contributed by atoms with van der Waals surface area (Å²) in [6.45, 7) is 8.02. The van der Waals surface area contributed by atoms with E-state index in [1.54, 1.807) is 0 Å². The second kappa shape index (κ2) is 12.5. The van der Waals surface area contributed by atoms with Gasteiger partial charge in [0.15, 0.2) is 5.96 Å². The summed E-state index contributed by atoms with van der Waals surface area (Å²) in [5.74, 6) is 1.75. The largest absolute Gasteiger partial charge is 0.492 e. The van der Waals surface area contributed by atoms with Gasteiger partial charge in [-0.2, -0.15) is 0 Å². The number of aliphatic imine (C=N–C) groups is 1. The highest BCUT2D eigenvalue weighted by Gasteiger charge is 2.03. The first kappa shape index (κ1) is 21.0. The van der Waals surface area contributed by atoms with Crippen molar-refractivity contribution < 1.29 is 4.74 Å². The van der Waals surface area contributed by atoms with Crippen LogP contribution in [0.15, 0.2) is 29.3 Å². The number of guanidine groups is 1. The van der Waals surface area contributed by atoms with E-state index in [0.29, 0.717) is 13.2 Å². The van der Waals surface area contributed by atoms with E-state index in [0.717, 1.165) is 36.9 Å². The van der Waals surface area contributed by atoms with Gasteiger partial charge in [0.05, 0.1) is 6.54 Å². The van der Waals surface area contributed by atoms with Crippen molar-refractivity contribution in [3.8, 4) is 5.75 Å². The molecule has 0 spiro atoms. The summed E-state index contributed by atoms with van der Waals surface area (Å²) in [7, 11) is 4.08. The summed E-state index contributed by atoms with van der Waals surface area (Å²) < 4.78 is 5.85. The molecule has 0 saturated carbocycles. The van der Waals surface area contributed by atoms with Gasteiger partial charge in [-0.15, -0.1) is 24.0 Å². The second-order valence-corrected chi connectivity index (χ2v) is 4.98. The lowest BCUT2D eigenvalue weighted by atomic mass is 10.2. The minimum atomic E-state index is 0. The van der Waals surface area contributed by atoms with E-state index < -0.39 is 0 Å². The number of hydrogen-bond donors (Lipinski definition) is 2. The molecule has 0 atom stereocenters. The van der Waals surface area contributed by atoms with Crippen LogP contribution in [0.3, 0.4) is 0 Å². The van der Waals surface area contributed by atoms with E-state index in [-0.39, 0.29) is 24.0 Å². The average Bonchev–Trinajstić information content (AvgIpc) is 2.46. The van der Waals surface area contributed by atoms with Crippen LogP contribution in [0, 0.1) is 0 Å². The fourth-order valence-corrected chi connectivity index (χ4v) is 1.79. The average molecular weight is 420 g/mol. The molecular formula is C16H29IN4O. The maximum atomic E-state index is 5.85. The summed E-state index contributed by atoms with van der Waals surface area (Å²) in [6, 6.07) is 8.07. The molecule has 0 aliphatic heterocycles. The smallest absolute Gasteiger partial charge is 0.191 e. The molecule has 0 aromatic heterocycles. The summed E-state index contributed by atoms with van der Waals surface area (Å²) in [5.41, 5.74) is 1.10. The Bertz CT molecular complexity index is 430. The maximum absolute atomic E-state index is 5.85. The number of hydrogen-bond acceptors (Lipinski definition) is 3. The zero-order valence-corrected chi connectivity index (χ0v) is 16.4. The van der Waals surface area contributed by atoms with Crippen molar-refractivity contribution >= 4 is 29.9 Å². The van der Waals surface area contributed by atoms with Crippen LogP contribution in [0.5, 0.6) is 5.75 Å². The SMILES string of the molecule is CCNC(=NCc1ccccc1OCCN(C)C)NCC.I. The van der Waals surface area contributed by atoms with Gasteiger partial charge in [-0.25, -0.2) is 4.99 Å². The molecule has 0 unspecified atom stereocenters. The Labute approximate surface area is 151 Å². The fourth-order valence-electron chi connectivity index (χ4n) is 1.79. The number of nitrogens with one attached hydrogen (secondary N) is 2. The first-order valence-corrected chi connectivity index (χ1v) is 7.55. The lowest BCUT2D eigenvalue weighted by molar-refractivity contribution is 0.259. The van der Waals surface area contributed by atoms with Crippen LogP contribution in [0.25, 0.3) is 0 Å². The van der Waals surface area contributed by atoms with Crippen LogP contribution < -0.4 is 15.4 Å². The Morgan fingerprint density at radius 2 is 1.77 bits per heavy atom. The Morgan fingerprint density at radius 1 is 1.14 bits per heavy atom. The molecule has 0 heterocycles. The number of benzene rings is 1. The highest BCUT2D eigenvalue weighted by Crippen LogP contribution is 2.18. The lowest BCUT2D eigenvalue weighted by Crippen LogP contribution is -2.36. The van der Waals surface area contributed by atoms with Gasteiger partial charge in [0.1, 0.15) is 12.4 Å². The number of nitrogens with zero attached hydrogens (tertiary/aromatic N) is 2. The maximum Gasteiger partial charge on any atom is 0.191 e. The fraction of sp³-hybridized carbons (Fsp3) is 0.562. The molecule has 0 aliphatic carbocycles. The van der Waals surface area contributed by atoms with E-state index in [4.69, 9.17) is 4.74 Å². The number of rotatable bonds is 8. The van der Waals surface area contributed by atoms with Crippen LogP contribution in [0.1, 0.15) is 19.4 Å². The molecule has 0 bridgehead atoms. The van der Waals surface area contributed by atoms with E-state index in [2.05, 4.69) is 40.4 Å². The van der Waals surface area contributed by atoms with Crippen LogP contribution >= 0.6 is 24.0 Å². The topological polar surface area (TPSA) is 48.9 Å². The van der Waals surface area contributed by atoms with Gasteiger partial charge in [0, 0.05) is 25.2 Å². The number of ether oxygens (including phenoxy) is 1. The molecule has 6 heteroatoms. The zero-order valence-electron chi connectivity index (χ0n) is 14.1. The van der Waals surface area contributed by atoms with Crippen molar-refractivity contribution in [3.05, 3.63) is 29.8 Å². The normalized spacial score (nSPS) is 9.86. The molecular weight excluding hydrogens is 391 g/mol. The van der Waals surface area contributed by atoms with E-state index in [1.807, 2.05) is 32.3 Å². The van der Waals surface area contributed by atoms with E-state index in [9.17, 15) is 0 Å². The molecule has 2 N–H and O–H groups in total. The van der Waals surface area contributed by atoms with Crippen LogP contribution in [-0.2, 0) is 6.54 Å². The second-order valence-electron chi connectivity index (χ2n) is 4.98. The molecule has 0 aliphatic rings. The Hall–Kier alpha value is -1.02. The van der Waals surface area contributed by atoms with Crippen LogP contribution in [0.4, 0.5) is 0 Å². The van der Waals surface area contributed by atoms with Gasteiger partial charge in [-0.3, -0.25) is 0 Å². The number of likely N-dealkylation sites (N-methyl/N-ethyl adjacent to an activating group) is 1. The van der Waals surface area contributed by atoms with E-state index in [1.165, 1.54) is 0 Å². The van der Waals surface area contributed by atoms with Gasteiger partial charge >= 0.3 is 0 Å². The first-order chi connectivity index (χ1) is 10.2. The van der Waals surface area contributed by atoms with Crippen molar-refractivity contribution in [3.63, 3.8) is 0 Å².